The van der Waals surface area contributed by atoms with Crippen molar-refractivity contribution in [3.8, 4) is 0 Å². The van der Waals surface area contributed by atoms with E-state index in [4.69, 9.17) is 0 Å². The Bertz CT molecular complexity index is 878. The molecule has 0 bridgehead atoms. The predicted molar refractivity (Wildman–Crippen MR) is 87.5 cm³/mol. The van der Waals surface area contributed by atoms with E-state index in [1.54, 1.807) is 23.7 Å². The number of anilines is 1. The molecule has 3 N–H and O–H groups in total. The van der Waals surface area contributed by atoms with Crippen LogP contribution in [0.3, 0.4) is 0 Å². The third-order valence-electron chi connectivity index (χ3n) is 4.19. The van der Waals surface area contributed by atoms with Crippen LogP contribution in [0.5, 0.6) is 0 Å². The Kier molecular flexibility index (Phi) is 3.22. The third-order valence-corrected chi connectivity index (χ3v) is 5.39. The predicted octanol–water partition coefficient (Wildman–Crippen LogP) is 2.76. The molecular formula is C15H17N5OS. The van der Waals surface area contributed by atoms with E-state index in [9.17, 15) is 4.79 Å². The highest BCUT2D eigenvalue weighted by molar-refractivity contribution is 7.19. The first kappa shape index (κ1) is 13.5. The average Bonchev–Trinajstić information content (AvgIpc) is 3.11. The van der Waals surface area contributed by atoms with Crippen molar-refractivity contribution >= 4 is 27.4 Å². The Morgan fingerprint density at radius 3 is 2.95 bits per heavy atom. The monoisotopic (exact) mass is 315 g/mol. The number of hydrogen-bond acceptors (Lipinski definition) is 5. The molecule has 7 heteroatoms. The first-order chi connectivity index (χ1) is 10.7. The molecular weight excluding hydrogens is 298 g/mol. The molecule has 0 radical (unpaired) electrons. The zero-order chi connectivity index (χ0) is 15.1. The molecule has 1 aliphatic carbocycles. The van der Waals surface area contributed by atoms with Crippen molar-refractivity contribution in [2.24, 2.45) is 0 Å². The molecule has 0 aliphatic heterocycles. The number of rotatable bonds is 3. The van der Waals surface area contributed by atoms with Crippen LogP contribution in [0.4, 0.5) is 5.82 Å². The van der Waals surface area contributed by atoms with Gasteiger partial charge in [-0.1, -0.05) is 0 Å². The molecule has 0 saturated heterocycles. The van der Waals surface area contributed by atoms with Gasteiger partial charge in [-0.15, -0.1) is 11.3 Å². The molecule has 3 heterocycles. The van der Waals surface area contributed by atoms with Crippen LogP contribution in [0.1, 0.15) is 41.9 Å². The Labute approximate surface area is 131 Å². The number of aromatic nitrogens is 4. The summed E-state index contributed by atoms with van der Waals surface area (Å²) in [5, 5.41) is 10.0. The number of aromatic amines is 2. The second-order valence-corrected chi connectivity index (χ2v) is 6.78. The van der Waals surface area contributed by atoms with Crippen LogP contribution in [0.15, 0.2) is 17.2 Å². The largest absolute Gasteiger partial charge is 0.361 e. The van der Waals surface area contributed by atoms with Gasteiger partial charge in [-0.3, -0.25) is 9.89 Å². The second kappa shape index (κ2) is 5.24. The van der Waals surface area contributed by atoms with Gasteiger partial charge in [0.25, 0.3) is 5.56 Å². The first-order valence-corrected chi connectivity index (χ1v) is 8.33. The van der Waals surface area contributed by atoms with Crippen LogP contribution in [-0.4, -0.2) is 20.2 Å². The third kappa shape index (κ3) is 2.21. The molecule has 22 heavy (non-hydrogen) atoms. The summed E-state index contributed by atoms with van der Waals surface area (Å²) in [6.07, 6.45) is 6.35. The second-order valence-electron chi connectivity index (χ2n) is 5.69. The summed E-state index contributed by atoms with van der Waals surface area (Å²) < 4.78 is 0. The molecule has 0 aromatic carbocycles. The SMILES string of the molecule is CC(Nc1ncnc2sc3c(c12)CCCC3)c1cc(=O)[nH][nH]1. The van der Waals surface area contributed by atoms with Gasteiger partial charge < -0.3 is 10.4 Å². The van der Waals surface area contributed by atoms with Crippen molar-refractivity contribution < 1.29 is 0 Å². The van der Waals surface area contributed by atoms with Gasteiger partial charge in [-0.2, -0.15) is 0 Å². The Balaban J connectivity index is 1.75. The summed E-state index contributed by atoms with van der Waals surface area (Å²) in [4.78, 5) is 22.7. The fraction of sp³-hybridized carbons (Fsp3) is 0.400. The van der Waals surface area contributed by atoms with Crippen molar-refractivity contribution in [2.75, 3.05) is 5.32 Å². The van der Waals surface area contributed by atoms with Crippen LogP contribution >= 0.6 is 11.3 Å². The van der Waals surface area contributed by atoms with Crippen LogP contribution in [0, 0.1) is 0 Å². The van der Waals surface area contributed by atoms with E-state index in [0.29, 0.717) is 0 Å². The van der Waals surface area contributed by atoms with Crippen LogP contribution in [0.25, 0.3) is 10.2 Å². The van der Waals surface area contributed by atoms with Gasteiger partial charge in [0.1, 0.15) is 17.0 Å². The summed E-state index contributed by atoms with van der Waals surface area (Å²) in [7, 11) is 0. The van der Waals surface area contributed by atoms with E-state index < -0.39 is 0 Å². The van der Waals surface area contributed by atoms with Gasteiger partial charge in [0.2, 0.25) is 0 Å². The van der Waals surface area contributed by atoms with Crippen molar-refractivity contribution in [3.63, 3.8) is 0 Å². The summed E-state index contributed by atoms with van der Waals surface area (Å²) in [6, 6.07) is 1.54. The van der Waals surface area contributed by atoms with E-state index in [-0.39, 0.29) is 11.6 Å². The molecule has 1 atom stereocenters. The zero-order valence-electron chi connectivity index (χ0n) is 12.3. The molecule has 0 fully saturated rings. The topological polar surface area (TPSA) is 86.5 Å². The Morgan fingerprint density at radius 1 is 1.27 bits per heavy atom. The number of nitrogens with one attached hydrogen (secondary N) is 3. The number of aryl methyl sites for hydroxylation is 2. The molecule has 114 valence electrons. The highest BCUT2D eigenvalue weighted by Gasteiger charge is 2.20. The summed E-state index contributed by atoms with van der Waals surface area (Å²) in [5.41, 5.74) is 2.11. The molecule has 1 unspecified atom stereocenters. The minimum Gasteiger partial charge on any atom is -0.361 e. The minimum absolute atomic E-state index is 0.0313. The minimum atomic E-state index is -0.121. The standard InChI is InChI=1S/C15H17N5OS/c1-8(10-6-12(21)20-19-10)18-14-13-9-4-2-3-5-11(9)22-15(13)17-7-16-14/h6-8H,2-5H2,1H3,(H,16,17,18)(H2,19,20,21). The van der Waals surface area contributed by atoms with Gasteiger partial charge in [0.15, 0.2) is 0 Å². The zero-order valence-corrected chi connectivity index (χ0v) is 13.1. The number of nitrogens with zero attached hydrogens (tertiary/aromatic N) is 2. The molecule has 6 nitrogen and oxygen atoms in total. The van der Waals surface area contributed by atoms with Crippen molar-refractivity contribution in [1.29, 1.82) is 0 Å². The number of H-pyrrole nitrogens is 2. The van der Waals surface area contributed by atoms with E-state index in [1.165, 1.54) is 23.3 Å². The van der Waals surface area contributed by atoms with Crippen LogP contribution in [-0.2, 0) is 12.8 Å². The van der Waals surface area contributed by atoms with Crippen LogP contribution < -0.4 is 10.9 Å². The lowest BCUT2D eigenvalue weighted by molar-refractivity contribution is 0.700. The molecule has 1 aliphatic rings. The van der Waals surface area contributed by atoms with E-state index in [1.807, 2.05) is 6.92 Å². The summed E-state index contributed by atoms with van der Waals surface area (Å²) in [5.74, 6) is 0.860. The molecule has 0 spiro atoms. The molecule has 0 amide bonds. The lowest BCUT2D eigenvalue weighted by Gasteiger charge is -2.15. The highest BCUT2D eigenvalue weighted by atomic mass is 32.1. The maximum absolute atomic E-state index is 11.3. The molecule has 0 saturated carbocycles. The fourth-order valence-electron chi connectivity index (χ4n) is 3.06. The maximum atomic E-state index is 11.3. The van der Waals surface area contributed by atoms with Crippen molar-refractivity contribution in [3.05, 3.63) is 38.9 Å². The molecule has 3 aromatic rings. The van der Waals surface area contributed by atoms with Gasteiger partial charge in [-0.05, 0) is 38.2 Å². The summed E-state index contributed by atoms with van der Waals surface area (Å²) in [6.45, 7) is 2.01. The summed E-state index contributed by atoms with van der Waals surface area (Å²) >= 11 is 1.79. The number of thiophene rings is 1. The lowest BCUT2D eigenvalue weighted by atomic mass is 9.97. The van der Waals surface area contributed by atoms with E-state index in [0.717, 1.165) is 34.6 Å². The number of hydrogen-bond donors (Lipinski definition) is 3. The van der Waals surface area contributed by atoms with E-state index in [2.05, 4.69) is 25.5 Å². The average molecular weight is 315 g/mol. The quantitative estimate of drug-likeness (QED) is 0.693. The molecule has 4 rings (SSSR count). The van der Waals surface area contributed by atoms with Crippen molar-refractivity contribution in [1.82, 2.24) is 20.2 Å². The van der Waals surface area contributed by atoms with Gasteiger partial charge in [0, 0.05) is 10.9 Å². The smallest absolute Gasteiger partial charge is 0.264 e. The van der Waals surface area contributed by atoms with Gasteiger partial charge in [0.05, 0.1) is 17.1 Å². The maximum Gasteiger partial charge on any atom is 0.264 e. The fourth-order valence-corrected chi connectivity index (χ4v) is 4.29. The van der Waals surface area contributed by atoms with E-state index >= 15 is 0 Å². The van der Waals surface area contributed by atoms with Crippen LogP contribution in [0.2, 0.25) is 0 Å². The highest BCUT2D eigenvalue weighted by Crippen LogP contribution is 2.38. The Hall–Kier alpha value is -2.15. The van der Waals surface area contributed by atoms with Gasteiger partial charge >= 0.3 is 0 Å². The van der Waals surface area contributed by atoms with Gasteiger partial charge in [-0.25, -0.2) is 9.97 Å². The Morgan fingerprint density at radius 2 is 2.14 bits per heavy atom. The van der Waals surface area contributed by atoms with Crippen molar-refractivity contribution in [2.45, 2.75) is 38.6 Å². The molecule has 3 aromatic heterocycles. The first-order valence-electron chi connectivity index (χ1n) is 7.52. The number of fused-ring (bicyclic) bond motifs is 3. The lowest BCUT2D eigenvalue weighted by Crippen LogP contribution is -2.10. The normalized spacial score (nSPS) is 15.7.